The van der Waals surface area contributed by atoms with Crippen LogP contribution in [0.15, 0.2) is 0 Å². The lowest BCUT2D eigenvalue weighted by Gasteiger charge is -2.35. The maximum atomic E-state index is 12.7. The molecule has 1 aliphatic carbocycles. The second-order valence-electron chi connectivity index (χ2n) is 6.01. The first-order valence-corrected chi connectivity index (χ1v) is 8.56. The highest BCUT2D eigenvalue weighted by Crippen LogP contribution is 2.35. The molecular formula is C15H23N3OS. The van der Waals surface area contributed by atoms with E-state index in [0.717, 1.165) is 56.7 Å². The average Bonchev–Trinajstić information content (AvgIpc) is 3.01. The predicted molar refractivity (Wildman–Crippen MR) is 82.2 cm³/mol. The number of nitrogens with zero attached hydrogens (tertiary/aromatic N) is 1. The minimum atomic E-state index is -0.233. The summed E-state index contributed by atoms with van der Waals surface area (Å²) in [7, 11) is 0. The van der Waals surface area contributed by atoms with Gasteiger partial charge in [0.25, 0.3) is 0 Å². The van der Waals surface area contributed by atoms with Crippen LogP contribution in [0.25, 0.3) is 0 Å². The van der Waals surface area contributed by atoms with Crippen LogP contribution < -0.4 is 10.6 Å². The number of anilines is 1. The molecule has 0 spiro atoms. The van der Waals surface area contributed by atoms with Gasteiger partial charge in [-0.3, -0.25) is 4.79 Å². The van der Waals surface area contributed by atoms with Gasteiger partial charge in [-0.2, -0.15) is 0 Å². The molecule has 5 heteroatoms. The second kappa shape index (κ2) is 5.82. The molecule has 0 radical (unpaired) electrons. The van der Waals surface area contributed by atoms with Gasteiger partial charge < -0.3 is 10.6 Å². The highest BCUT2D eigenvalue weighted by Gasteiger charge is 2.39. The van der Waals surface area contributed by atoms with Gasteiger partial charge in [-0.15, -0.1) is 11.3 Å². The number of thiazole rings is 1. The van der Waals surface area contributed by atoms with Gasteiger partial charge in [0.2, 0.25) is 5.91 Å². The van der Waals surface area contributed by atoms with Crippen molar-refractivity contribution < 1.29 is 4.79 Å². The van der Waals surface area contributed by atoms with Crippen LogP contribution in [0.5, 0.6) is 0 Å². The molecule has 1 fully saturated rings. The first kappa shape index (κ1) is 14.0. The summed E-state index contributed by atoms with van der Waals surface area (Å²) in [6.07, 6.45) is 7.49. The van der Waals surface area contributed by atoms with Crippen molar-refractivity contribution in [2.45, 2.75) is 51.9 Å². The molecule has 0 aromatic carbocycles. The predicted octanol–water partition coefficient (Wildman–Crippen LogP) is 2.74. The summed E-state index contributed by atoms with van der Waals surface area (Å²) >= 11 is 1.67. The van der Waals surface area contributed by atoms with Crippen LogP contribution in [0.4, 0.5) is 5.13 Å². The summed E-state index contributed by atoms with van der Waals surface area (Å²) in [4.78, 5) is 18.7. The van der Waals surface area contributed by atoms with E-state index in [0.29, 0.717) is 0 Å². The lowest BCUT2D eigenvalue weighted by Crippen LogP contribution is -2.48. The van der Waals surface area contributed by atoms with Crippen LogP contribution in [0.3, 0.4) is 0 Å². The molecule has 1 atom stereocenters. The van der Waals surface area contributed by atoms with Gasteiger partial charge >= 0.3 is 0 Å². The van der Waals surface area contributed by atoms with Crippen molar-refractivity contribution in [2.24, 2.45) is 5.41 Å². The Kier molecular flexibility index (Phi) is 4.08. The topological polar surface area (TPSA) is 54.0 Å². The SMILES string of the molecule is CCCC1(C(=O)Nc2nc3c(s2)CCC3)CCCNC1. The Bertz CT molecular complexity index is 464. The number of rotatable bonds is 4. The van der Waals surface area contributed by atoms with Gasteiger partial charge in [0, 0.05) is 11.4 Å². The summed E-state index contributed by atoms with van der Waals surface area (Å²) in [6.45, 7) is 3.99. The van der Waals surface area contributed by atoms with Gasteiger partial charge in [0.1, 0.15) is 0 Å². The van der Waals surface area contributed by atoms with Gasteiger partial charge in [0.15, 0.2) is 5.13 Å². The number of hydrogen-bond donors (Lipinski definition) is 2. The van der Waals surface area contributed by atoms with E-state index in [1.165, 1.54) is 17.0 Å². The van der Waals surface area contributed by atoms with Crippen LogP contribution in [0.1, 0.15) is 49.6 Å². The average molecular weight is 293 g/mol. The summed E-state index contributed by atoms with van der Waals surface area (Å²) in [6, 6.07) is 0. The van der Waals surface area contributed by atoms with Crippen molar-refractivity contribution in [2.75, 3.05) is 18.4 Å². The number of aryl methyl sites for hydroxylation is 2. The third-order valence-electron chi connectivity index (χ3n) is 4.50. The zero-order valence-electron chi connectivity index (χ0n) is 12.1. The molecule has 0 bridgehead atoms. The zero-order chi connectivity index (χ0) is 14.0. The number of carbonyl (C=O) groups is 1. The Balaban J connectivity index is 1.72. The Morgan fingerprint density at radius 1 is 1.45 bits per heavy atom. The van der Waals surface area contributed by atoms with Crippen molar-refractivity contribution in [3.05, 3.63) is 10.6 Å². The van der Waals surface area contributed by atoms with Crippen molar-refractivity contribution in [3.8, 4) is 0 Å². The van der Waals surface area contributed by atoms with E-state index in [9.17, 15) is 4.79 Å². The first-order chi connectivity index (χ1) is 9.73. The molecular weight excluding hydrogens is 270 g/mol. The number of aromatic nitrogens is 1. The molecule has 1 aromatic heterocycles. The van der Waals surface area contributed by atoms with Gasteiger partial charge in [0.05, 0.1) is 11.1 Å². The summed E-state index contributed by atoms with van der Waals surface area (Å²) in [5.74, 6) is 0.166. The molecule has 4 nitrogen and oxygen atoms in total. The second-order valence-corrected chi connectivity index (χ2v) is 7.09. The number of carbonyl (C=O) groups excluding carboxylic acids is 1. The highest BCUT2D eigenvalue weighted by atomic mass is 32.1. The Morgan fingerprint density at radius 2 is 2.35 bits per heavy atom. The lowest BCUT2D eigenvalue weighted by atomic mass is 9.76. The fraction of sp³-hybridized carbons (Fsp3) is 0.733. The van der Waals surface area contributed by atoms with E-state index in [-0.39, 0.29) is 11.3 Å². The molecule has 0 saturated carbocycles. The van der Waals surface area contributed by atoms with E-state index in [1.807, 2.05) is 0 Å². The minimum Gasteiger partial charge on any atom is -0.316 e. The molecule has 2 N–H and O–H groups in total. The largest absolute Gasteiger partial charge is 0.316 e. The molecule has 3 rings (SSSR count). The number of hydrogen-bond acceptors (Lipinski definition) is 4. The third-order valence-corrected chi connectivity index (χ3v) is 5.57. The molecule has 1 amide bonds. The normalized spacial score (nSPS) is 25.4. The van der Waals surface area contributed by atoms with E-state index in [2.05, 4.69) is 22.5 Å². The summed E-state index contributed by atoms with van der Waals surface area (Å²) in [5.41, 5.74) is 0.972. The van der Waals surface area contributed by atoms with Gasteiger partial charge in [-0.1, -0.05) is 13.3 Å². The molecule has 110 valence electrons. The van der Waals surface area contributed by atoms with E-state index in [1.54, 1.807) is 11.3 Å². The quantitative estimate of drug-likeness (QED) is 0.897. The maximum Gasteiger partial charge on any atom is 0.233 e. The standard InChI is InChI=1S/C15H23N3OS/c1-2-7-15(8-4-9-16-10-15)13(19)18-14-17-11-5-3-6-12(11)20-14/h16H,2-10H2,1H3,(H,17,18,19). The van der Waals surface area contributed by atoms with Crippen molar-refractivity contribution in [1.82, 2.24) is 10.3 Å². The van der Waals surface area contributed by atoms with Gasteiger partial charge in [-0.05, 0) is 45.1 Å². The number of nitrogens with one attached hydrogen (secondary N) is 2. The minimum absolute atomic E-state index is 0.166. The van der Waals surface area contributed by atoms with Gasteiger partial charge in [-0.25, -0.2) is 4.98 Å². The molecule has 1 aliphatic heterocycles. The van der Waals surface area contributed by atoms with E-state index >= 15 is 0 Å². The van der Waals surface area contributed by atoms with Crippen molar-refractivity contribution in [1.29, 1.82) is 0 Å². The van der Waals surface area contributed by atoms with Crippen LogP contribution in [0, 0.1) is 5.41 Å². The Morgan fingerprint density at radius 3 is 3.05 bits per heavy atom. The zero-order valence-corrected chi connectivity index (χ0v) is 12.9. The van der Waals surface area contributed by atoms with E-state index in [4.69, 9.17) is 0 Å². The Hall–Kier alpha value is -0.940. The number of fused-ring (bicyclic) bond motifs is 1. The Labute approximate surface area is 124 Å². The van der Waals surface area contributed by atoms with Crippen LogP contribution in [-0.4, -0.2) is 24.0 Å². The fourth-order valence-electron chi connectivity index (χ4n) is 3.44. The summed E-state index contributed by atoms with van der Waals surface area (Å²) < 4.78 is 0. The molecule has 1 aromatic rings. The van der Waals surface area contributed by atoms with Crippen molar-refractivity contribution >= 4 is 22.4 Å². The van der Waals surface area contributed by atoms with E-state index < -0.39 is 0 Å². The highest BCUT2D eigenvalue weighted by molar-refractivity contribution is 7.15. The van der Waals surface area contributed by atoms with Crippen LogP contribution in [-0.2, 0) is 17.6 Å². The van der Waals surface area contributed by atoms with Crippen LogP contribution >= 0.6 is 11.3 Å². The number of amides is 1. The smallest absolute Gasteiger partial charge is 0.233 e. The maximum absolute atomic E-state index is 12.7. The summed E-state index contributed by atoms with van der Waals surface area (Å²) in [5, 5.41) is 7.29. The molecule has 1 unspecified atom stereocenters. The number of piperidine rings is 1. The van der Waals surface area contributed by atoms with Crippen LogP contribution in [0.2, 0.25) is 0 Å². The molecule has 20 heavy (non-hydrogen) atoms. The molecule has 2 heterocycles. The first-order valence-electron chi connectivity index (χ1n) is 7.74. The van der Waals surface area contributed by atoms with Crippen molar-refractivity contribution in [3.63, 3.8) is 0 Å². The lowest BCUT2D eigenvalue weighted by molar-refractivity contribution is -0.127. The molecule has 2 aliphatic rings. The fourth-order valence-corrected chi connectivity index (χ4v) is 4.49. The monoisotopic (exact) mass is 293 g/mol. The third kappa shape index (κ3) is 2.61. The molecule has 1 saturated heterocycles.